The van der Waals surface area contributed by atoms with Gasteiger partial charge in [0.1, 0.15) is 12.1 Å². The summed E-state index contributed by atoms with van der Waals surface area (Å²) in [6.07, 6.45) is 1.62. The lowest BCUT2D eigenvalue weighted by molar-refractivity contribution is -0.131. The molecule has 0 bridgehead atoms. The Labute approximate surface area is 123 Å². The number of aromatic nitrogens is 1. The Balaban J connectivity index is 1.63. The molecule has 5 heteroatoms. The van der Waals surface area contributed by atoms with Crippen molar-refractivity contribution in [2.24, 2.45) is 5.92 Å². The van der Waals surface area contributed by atoms with Crippen molar-refractivity contribution < 1.29 is 13.9 Å². The number of aliphatic hydroxyl groups is 1. The van der Waals surface area contributed by atoms with Gasteiger partial charge in [0.15, 0.2) is 0 Å². The minimum absolute atomic E-state index is 0.251. The van der Waals surface area contributed by atoms with Gasteiger partial charge < -0.3 is 9.52 Å². The molecule has 2 heterocycles. The van der Waals surface area contributed by atoms with E-state index in [1.54, 1.807) is 18.4 Å². The van der Waals surface area contributed by atoms with Crippen LogP contribution in [-0.4, -0.2) is 33.7 Å². The van der Waals surface area contributed by atoms with Crippen molar-refractivity contribution in [3.05, 3.63) is 42.0 Å². The lowest BCUT2D eigenvalue weighted by atomic mass is 9.83. The zero-order valence-corrected chi connectivity index (χ0v) is 12.2. The van der Waals surface area contributed by atoms with E-state index in [0.717, 1.165) is 11.3 Å². The summed E-state index contributed by atoms with van der Waals surface area (Å²) in [5.74, 6) is 0.463. The molecule has 0 spiro atoms. The van der Waals surface area contributed by atoms with Crippen molar-refractivity contribution in [2.45, 2.75) is 26.0 Å². The molecule has 0 saturated carbocycles. The van der Waals surface area contributed by atoms with Gasteiger partial charge in [0.05, 0.1) is 11.3 Å². The Morgan fingerprint density at radius 3 is 2.62 bits per heavy atom. The van der Waals surface area contributed by atoms with E-state index in [2.05, 4.69) is 9.88 Å². The van der Waals surface area contributed by atoms with E-state index >= 15 is 0 Å². The molecule has 0 atom stereocenters. The van der Waals surface area contributed by atoms with E-state index in [0.29, 0.717) is 25.5 Å². The van der Waals surface area contributed by atoms with Crippen LogP contribution in [0, 0.1) is 11.7 Å². The number of nitrogens with zero attached hydrogens (tertiary/aromatic N) is 2. The third-order valence-electron chi connectivity index (χ3n) is 4.10. The molecule has 1 aliphatic heterocycles. The third-order valence-corrected chi connectivity index (χ3v) is 4.10. The lowest BCUT2D eigenvalue weighted by Gasteiger charge is -2.48. The topological polar surface area (TPSA) is 49.5 Å². The fourth-order valence-corrected chi connectivity index (χ4v) is 2.54. The first kappa shape index (κ1) is 14.2. The number of oxazole rings is 1. The molecule has 1 N–H and O–H groups in total. The van der Waals surface area contributed by atoms with Crippen molar-refractivity contribution in [3.63, 3.8) is 0 Å². The number of benzene rings is 1. The highest BCUT2D eigenvalue weighted by Gasteiger charge is 2.43. The number of halogens is 1. The first-order valence-corrected chi connectivity index (χ1v) is 7.11. The molecule has 0 amide bonds. The molecule has 1 aromatic carbocycles. The normalized spacial score (nSPS) is 18.0. The number of hydrogen-bond donors (Lipinski definition) is 1. The van der Waals surface area contributed by atoms with E-state index in [-0.39, 0.29) is 11.7 Å². The van der Waals surface area contributed by atoms with E-state index < -0.39 is 5.60 Å². The lowest BCUT2D eigenvalue weighted by Crippen LogP contribution is -2.63. The van der Waals surface area contributed by atoms with Crippen LogP contribution < -0.4 is 0 Å². The molecule has 0 unspecified atom stereocenters. The molecule has 4 nitrogen and oxygen atoms in total. The second-order valence-corrected chi connectivity index (χ2v) is 6.05. The summed E-state index contributed by atoms with van der Waals surface area (Å²) >= 11 is 0. The Bertz CT molecular complexity index is 615. The predicted octanol–water partition coefficient (Wildman–Crippen LogP) is 2.68. The fourth-order valence-electron chi connectivity index (χ4n) is 2.54. The van der Waals surface area contributed by atoms with Gasteiger partial charge in [-0.15, -0.1) is 0 Å². The fraction of sp³-hybridized carbons (Fsp3) is 0.438. The van der Waals surface area contributed by atoms with E-state index in [1.807, 2.05) is 13.8 Å². The number of likely N-dealkylation sites (tertiary alicyclic amines) is 1. The van der Waals surface area contributed by atoms with Crippen LogP contribution in [0.15, 0.2) is 34.9 Å². The highest BCUT2D eigenvalue weighted by molar-refractivity contribution is 5.52. The Kier molecular flexibility index (Phi) is 3.55. The average Bonchev–Trinajstić information content (AvgIpc) is 2.86. The van der Waals surface area contributed by atoms with Crippen LogP contribution in [0.4, 0.5) is 4.39 Å². The van der Waals surface area contributed by atoms with Crippen molar-refractivity contribution in [1.29, 1.82) is 0 Å². The van der Waals surface area contributed by atoms with E-state index in [9.17, 15) is 9.50 Å². The molecule has 112 valence electrons. The number of β-amino-alcohol motifs (C(OH)–C–C–N with tert-alkyl or cyclic N) is 1. The van der Waals surface area contributed by atoms with Crippen LogP contribution in [0.5, 0.6) is 0 Å². The predicted molar refractivity (Wildman–Crippen MR) is 77.0 cm³/mol. The molecule has 2 aromatic rings. The Morgan fingerprint density at radius 2 is 2.00 bits per heavy atom. The van der Waals surface area contributed by atoms with Gasteiger partial charge in [0.2, 0.25) is 5.89 Å². The highest BCUT2D eigenvalue weighted by Crippen LogP contribution is 2.30. The van der Waals surface area contributed by atoms with Crippen molar-refractivity contribution in [1.82, 2.24) is 9.88 Å². The van der Waals surface area contributed by atoms with Gasteiger partial charge >= 0.3 is 0 Å². The molecule has 1 saturated heterocycles. The molecule has 1 fully saturated rings. The maximum absolute atomic E-state index is 12.9. The molecule has 0 radical (unpaired) electrons. The summed E-state index contributed by atoms with van der Waals surface area (Å²) < 4.78 is 18.3. The van der Waals surface area contributed by atoms with Crippen LogP contribution in [0.25, 0.3) is 11.5 Å². The van der Waals surface area contributed by atoms with Gasteiger partial charge in [-0.3, -0.25) is 4.90 Å². The first-order valence-electron chi connectivity index (χ1n) is 7.11. The third kappa shape index (κ3) is 2.84. The first-order chi connectivity index (χ1) is 9.96. The number of rotatable bonds is 4. The van der Waals surface area contributed by atoms with E-state index in [1.165, 1.54) is 12.1 Å². The molecule has 0 aliphatic carbocycles. The molecule has 1 aromatic heterocycles. The Morgan fingerprint density at radius 1 is 1.33 bits per heavy atom. The van der Waals surface area contributed by atoms with Crippen molar-refractivity contribution >= 4 is 0 Å². The van der Waals surface area contributed by atoms with Gasteiger partial charge in [-0.2, -0.15) is 0 Å². The average molecular weight is 290 g/mol. The van der Waals surface area contributed by atoms with Gasteiger partial charge in [0, 0.05) is 25.2 Å². The van der Waals surface area contributed by atoms with Gasteiger partial charge in [-0.05, 0) is 30.2 Å². The van der Waals surface area contributed by atoms with Crippen molar-refractivity contribution in [3.8, 4) is 11.5 Å². The Hall–Kier alpha value is -1.72. The zero-order valence-electron chi connectivity index (χ0n) is 12.2. The van der Waals surface area contributed by atoms with Gasteiger partial charge in [-0.25, -0.2) is 9.37 Å². The quantitative estimate of drug-likeness (QED) is 0.940. The van der Waals surface area contributed by atoms with E-state index in [4.69, 9.17) is 4.42 Å². The molecule has 1 aliphatic rings. The smallest absolute Gasteiger partial charge is 0.226 e. The summed E-state index contributed by atoms with van der Waals surface area (Å²) in [6, 6.07) is 6.06. The van der Waals surface area contributed by atoms with Crippen LogP contribution in [0.1, 0.15) is 19.5 Å². The standard InChI is InChI=1S/C16H19FN2O2/c1-11(2)16(20)9-19(10-16)7-14-8-21-15(18-14)12-3-5-13(17)6-4-12/h3-6,8,11,20H,7,9-10H2,1-2H3. The second-order valence-electron chi connectivity index (χ2n) is 6.05. The molecular formula is C16H19FN2O2. The van der Waals surface area contributed by atoms with Crippen LogP contribution in [0.3, 0.4) is 0 Å². The maximum atomic E-state index is 12.9. The summed E-state index contributed by atoms with van der Waals surface area (Å²) in [6.45, 7) is 6.02. The maximum Gasteiger partial charge on any atom is 0.226 e. The van der Waals surface area contributed by atoms with Gasteiger partial charge in [0.25, 0.3) is 0 Å². The van der Waals surface area contributed by atoms with Crippen LogP contribution in [0.2, 0.25) is 0 Å². The molecule has 3 rings (SSSR count). The summed E-state index contributed by atoms with van der Waals surface area (Å²) in [4.78, 5) is 6.54. The van der Waals surface area contributed by atoms with Crippen LogP contribution >= 0.6 is 0 Å². The largest absolute Gasteiger partial charge is 0.444 e. The summed E-state index contributed by atoms with van der Waals surface area (Å²) in [7, 11) is 0. The minimum Gasteiger partial charge on any atom is -0.444 e. The molecule has 21 heavy (non-hydrogen) atoms. The van der Waals surface area contributed by atoms with Gasteiger partial charge in [-0.1, -0.05) is 13.8 Å². The summed E-state index contributed by atoms with van der Waals surface area (Å²) in [5, 5.41) is 10.2. The monoisotopic (exact) mass is 290 g/mol. The summed E-state index contributed by atoms with van der Waals surface area (Å²) in [5.41, 5.74) is 0.994. The van der Waals surface area contributed by atoms with Crippen molar-refractivity contribution in [2.75, 3.05) is 13.1 Å². The molecular weight excluding hydrogens is 271 g/mol. The number of hydrogen-bond acceptors (Lipinski definition) is 4. The second kappa shape index (κ2) is 5.24. The zero-order chi connectivity index (χ0) is 15.0. The van der Waals surface area contributed by atoms with Crippen LogP contribution in [-0.2, 0) is 6.54 Å². The minimum atomic E-state index is -0.580. The SMILES string of the molecule is CC(C)C1(O)CN(Cc2coc(-c3ccc(F)cc3)n2)C1. The highest BCUT2D eigenvalue weighted by atomic mass is 19.1.